The molecule has 0 aliphatic heterocycles. The van der Waals surface area contributed by atoms with Crippen LogP contribution in [0.25, 0.3) is 10.9 Å². The highest BCUT2D eigenvalue weighted by Crippen LogP contribution is 2.35. The summed E-state index contributed by atoms with van der Waals surface area (Å²) in [4.78, 5) is 13.8. The van der Waals surface area contributed by atoms with Crippen molar-refractivity contribution in [2.24, 2.45) is 0 Å². The number of ketones is 1. The highest BCUT2D eigenvalue weighted by molar-refractivity contribution is 6.10. The van der Waals surface area contributed by atoms with Gasteiger partial charge in [-0.2, -0.15) is 0 Å². The predicted molar refractivity (Wildman–Crippen MR) is 151 cm³/mol. The van der Waals surface area contributed by atoms with Crippen LogP contribution in [0.15, 0.2) is 97.1 Å². The van der Waals surface area contributed by atoms with E-state index in [1.807, 2.05) is 66.7 Å². The van der Waals surface area contributed by atoms with Crippen molar-refractivity contribution in [1.29, 1.82) is 0 Å². The van der Waals surface area contributed by atoms with Gasteiger partial charge in [0.15, 0.2) is 17.4 Å². The SMILES string of the molecule is CC(C)c1c(C(=O)CCc2ccc(F)c(F)c2)c2ccc(OCc3ccccc3)cc2n1Cc1ccccc1. The Morgan fingerprint density at radius 1 is 0.795 bits per heavy atom. The number of ether oxygens (including phenoxy) is 1. The van der Waals surface area contributed by atoms with Crippen LogP contribution >= 0.6 is 0 Å². The summed E-state index contributed by atoms with van der Waals surface area (Å²) in [5.41, 5.74) is 5.39. The summed E-state index contributed by atoms with van der Waals surface area (Å²) >= 11 is 0. The first-order chi connectivity index (χ1) is 18.9. The van der Waals surface area contributed by atoms with Crippen molar-refractivity contribution in [2.75, 3.05) is 0 Å². The Labute approximate surface area is 227 Å². The summed E-state index contributed by atoms with van der Waals surface area (Å²) in [6, 6.07) is 29.9. The molecule has 0 spiro atoms. The third kappa shape index (κ3) is 5.93. The van der Waals surface area contributed by atoms with Gasteiger partial charge in [0.05, 0.1) is 5.52 Å². The molecular weight excluding hydrogens is 492 g/mol. The second-order valence-corrected chi connectivity index (χ2v) is 10.1. The highest BCUT2D eigenvalue weighted by Gasteiger charge is 2.25. The smallest absolute Gasteiger partial charge is 0.165 e. The van der Waals surface area contributed by atoms with E-state index in [2.05, 4.69) is 30.5 Å². The second kappa shape index (κ2) is 11.6. The second-order valence-electron chi connectivity index (χ2n) is 10.1. The minimum absolute atomic E-state index is 0.0156. The number of hydrogen-bond acceptors (Lipinski definition) is 2. The molecule has 0 radical (unpaired) electrons. The lowest BCUT2D eigenvalue weighted by atomic mass is 9.96. The molecule has 1 aromatic heterocycles. The number of carbonyl (C=O) groups excluding carboxylic acids is 1. The fraction of sp³-hybridized carbons (Fsp3) is 0.206. The number of rotatable bonds is 10. The van der Waals surface area contributed by atoms with Crippen LogP contribution in [-0.4, -0.2) is 10.4 Å². The van der Waals surface area contributed by atoms with Crippen LogP contribution in [0.5, 0.6) is 5.75 Å². The van der Waals surface area contributed by atoms with Crippen molar-refractivity contribution >= 4 is 16.7 Å². The van der Waals surface area contributed by atoms with E-state index in [0.29, 0.717) is 30.7 Å². The van der Waals surface area contributed by atoms with Gasteiger partial charge in [0.25, 0.3) is 0 Å². The van der Waals surface area contributed by atoms with Crippen molar-refractivity contribution in [2.45, 2.75) is 45.8 Å². The van der Waals surface area contributed by atoms with E-state index in [1.54, 1.807) is 0 Å². The lowest BCUT2D eigenvalue weighted by Crippen LogP contribution is -2.11. The molecule has 0 aliphatic rings. The first kappa shape index (κ1) is 26.4. The van der Waals surface area contributed by atoms with Gasteiger partial charge in [0, 0.05) is 35.7 Å². The molecule has 0 bridgehead atoms. The van der Waals surface area contributed by atoms with E-state index in [1.165, 1.54) is 12.1 Å². The number of halogens is 2. The Bertz CT molecular complexity index is 1590. The molecule has 0 saturated carbocycles. The van der Waals surface area contributed by atoms with Gasteiger partial charge >= 0.3 is 0 Å². The third-order valence-electron chi connectivity index (χ3n) is 6.96. The Kier molecular flexibility index (Phi) is 7.87. The molecule has 0 aliphatic carbocycles. The molecule has 0 saturated heterocycles. The van der Waals surface area contributed by atoms with E-state index < -0.39 is 11.6 Å². The molecule has 3 nitrogen and oxygen atoms in total. The Morgan fingerprint density at radius 2 is 1.49 bits per heavy atom. The van der Waals surface area contributed by atoms with Gasteiger partial charge in [-0.1, -0.05) is 80.6 Å². The van der Waals surface area contributed by atoms with Crippen molar-refractivity contribution in [3.05, 3.63) is 137 Å². The maximum atomic E-state index is 13.8. The molecule has 198 valence electrons. The predicted octanol–water partition coefficient (Wildman–Crippen LogP) is 8.49. The molecule has 5 heteroatoms. The monoisotopic (exact) mass is 523 g/mol. The van der Waals surface area contributed by atoms with Crippen molar-refractivity contribution < 1.29 is 18.3 Å². The van der Waals surface area contributed by atoms with Gasteiger partial charge in [0.2, 0.25) is 0 Å². The van der Waals surface area contributed by atoms with Crippen molar-refractivity contribution in [1.82, 2.24) is 4.57 Å². The fourth-order valence-electron chi connectivity index (χ4n) is 5.09. The average Bonchev–Trinajstić information content (AvgIpc) is 3.27. The van der Waals surface area contributed by atoms with Crippen LogP contribution < -0.4 is 4.74 Å². The number of carbonyl (C=O) groups is 1. The van der Waals surface area contributed by atoms with E-state index in [0.717, 1.165) is 39.5 Å². The zero-order chi connectivity index (χ0) is 27.4. The molecule has 4 aromatic carbocycles. The van der Waals surface area contributed by atoms with Crippen LogP contribution in [0.4, 0.5) is 8.78 Å². The topological polar surface area (TPSA) is 31.2 Å². The Balaban J connectivity index is 1.53. The first-order valence-corrected chi connectivity index (χ1v) is 13.2. The number of nitrogens with zero attached hydrogens (tertiary/aromatic N) is 1. The average molecular weight is 524 g/mol. The minimum Gasteiger partial charge on any atom is -0.489 e. The zero-order valence-electron chi connectivity index (χ0n) is 22.2. The van der Waals surface area contributed by atoms with Gasteiger partial charge in [-0.3, -0.25) is 4.79 Å². The summed E-state index contributed by atoms with van der Waals surface area (Å²) in [6.45, 7) is 5.25. The molecule has 5 rings (SSSR count). The number of aryl methyl sites for hydroxylation is 1. The normalized spacial score (nSPS) is 11.3. The number of aromatic nitrogens is 1. The van der Waals surface area contributed by atoms with Gasteiger partial charge < -0.3 is 9.30 Å². The summed E-state index contributed by atoms with van der Waals surface area (Å²) in [5.74, 6) is -0.990. The molecule has 0 N–H and O–H groups in total. The van der Waals surface area contributed by atoms with Crippen molar-refractivity contribution in [3.63, 3.8) is 0 Å². The Hall–Kier alpha value is -4.25. The van der Waals surface area contributed by atoms with E-state index in [9.17, 15) is 13.6 Å². The number of Topliss-reactive ketones (excluding diaryl/α,β-unsaturated/α-hetero) is 1. The molecule has 1 heterocycles. The fourth-order valence-corrected chi connectivity index (χ4v) is 5.09. The molecular formula is C34H31F2NO2. The van der Waals surface area contributed by atoms with E-state index >= 15 is 0 Å². The lowest BCUT2D eigenvalue weighted by Gasteiger charge is -2.15. The maximum Gasteiger partial charge on any atom is 0.165 e. The molecule has 0 fully saturated rings. The largest absolute Gasteiger partial charge is 0.489 e. The van der Waals surface area contributed by atoms with Gasteiger partial charge in [0.1, 0.15) is 12.4 Å². The van der Waals surface area contributed by atoms with Crippen molar-refractivity contribution in [3.8, 4) is 5.75 Å². The lowest BCUT2D eigenvalue weighted by molar-refractivity contribution is 0.0982. The summed E-state index contributed by atoms with van der Waals surface area (Å²) in [5, 5.41) is 0.872. The third-order valence-corrected chi connectivity index (χ3v) is 6.96. The quantitative estimate of drug-likeness (QED) is 0.172. The molecule has 39 heavy (non-hydrogen) atoms. The van der Waals surface area contributed by atoms with Gasteiger partial charge in [-0.25, -0.2) is 8.78 Å². The standard InChI is InChI=1S/C34H31F2NO2/c1-23(2)34-33(32(38)18-14-24-13-17-29(35)30(36)19-24)28-16-15-27(39-22-26-11-7-4-8-12-26)20-31(28)37(34)21-25-9-5-3-6-10-25/h3-13,15-17,19-20,23H,14,18,21-22H2,1-2H3. The van der Waals surface area contributed by atoms with Crippen LogP contribution in [0.1, 0.15) is 58.9 Å². The van der Waals surface area contributed by atoms with E-state index in [-0.39, 0.29) is 18.1 Å². The molecule has 0 atom stereocenters. The van der Waals surface area contributed by atoms with Gasteiger partial charge in [-0.05, 0) is 53.3 Å². The van der Waals surface area contributed by atoms with Crippen LogP contribution in [0.2, 0.25) is 0 Å². The summed E-state index contributed by atoms with van der Waals surface area (Å²) < 4.78 is 35.5. The van der Waals surface area contributed by atoms with Gasteiger partial charge in [-0.15, -0.1) is 0 Å². The Morgan fingerprint density at radius 3 is 2.15 bits per heavy atom. The maximum absolute atomic E-state index is 13.8. The first-order valence-electron chi connectivity index (χ1n) is 13.2. The van der Waals surface area contributed by atoms with E-state index in [4.69, 9.17) is 4.74 Å². The number of fused-ring (bicyclic) bond motifs is 1. The molecule has 5 aromatic rings. The van der Waals surface area contributed by atoms with Crippen LogP contribution in [-0.2, 0) is 19.6 Å². The highest BCUT2D eigenvalue weighted by atomic mass is 19.2. The summed E-state index contributed by atoms with van der Waals surface area (Å²) in [7, 11) is 0. The number of benzene rings is 4. The minimum atomic E-state index is -0.898. The molecule has 0 amide bonds. The zero-order valence-corrected chi connectivity index (χ0v) is 22.2. The molecule has 0 unspecified atom stereocenters. The number of hydrogen-bond donors (Lipinski definition) is 0. The summed E-state index contributed by atoms with van der Waals surface area (Å²) in [6.07, 6.45) is 0.526. The van der Waals surface area contributed by atoms with Crippen LogP contribution in [0.3, 0.4) is 0 Å². The van der Waals surface area contributed by atoms with Crippen LogP contribution in [0, 0.1) is 11.6 Å².